The van der Waals surface area contributed by atoms with Gasteiger partial charge in [0, 0.05) is 10.9 Å². The van der Waals surface area contributed by atoms with Gasteiger partial charge in [-0.15, -0.1) is 11.3 Å². The summed E-state index contributed by atoms with van der Waals surface area (Å²) in [4.78, 5) is 17.4. The molecule has 4 rings (SSSR count). The molecule has 0 saturated carbocycles. The second kappa shape index (κ2) is 9.38. The molecular formula is C22H23N3O6S2. The largest absolute Gasteiger partial charge is 0.497 e. The topological polar surface area (TPSA) is 116 Å². The van der Waals surface area contributed by atoms with Gasteiger partial charge in [0.25, 0.3) is 0 Å². The maximum Gasteiger partial charge on any atom is 0.244 e. The van der Waals surface area contributed by atoms with Crippen LogP contribution in [0.1, 0.15) is 13.8 Å². The second-order valence-electron chi connectivity index (χ2n) is 7.61. The van der Waals surface area contributed by atoms with Crippen LogP contribution in [0.3, 0.4) is 0 Å². The van der Waals surface area contributed by atoms with Crippen LogP contribution in [0.4, 0.5) is 5.13 Å². The third-order valence-corrected chi connectivity index (χ3v) is 7.22. The third kappa shape index (κ3) is 5.10. The standard InChI is InChI=1S/C22H23N3O6S2/c1-13(2)20(25-33(27,28)16-7-5-15(29-3)6-8-16)21(26)24-22-23-17(11-32-22)14-4-9-18-19(10-14)31-12-30-18/h4-11,13,20,25H,12H2,1-3H3,(H,23,24,26)/t20-/m0/s1. The van der Waals surface area contributed by atoms with Crippen molar-refractivity contribution in [1.29, 1.82) is 0 Å². The van der Waals surface area contributed by atoms with Gasteiger partial charge in [-0.2, -0.15) is 4.72 Å². The van der Waals surface area contributed by atoms with E-state index in [1.807, 2.05) is 12.1 Å². The van der Waals surface area contributed by atoms with Gasteiger partial charge >= 0.3 is 0 Å². The van der Waals surface area contributed by atoms with Crippen molar-refractivity contribution < 1.29 is 27.4 Å². The molecule has 2 N–H and O–H groups in total. The van der Waals surface area contributed by atoms with E-state index >= 15 is 0 Å². The molecule has 2 aromatic carbocycles. The van der Waals surface area contributed by atoms with Gasteiger partial charge in [0.05, 0.1) is 17.7 Å². The molecule has 1 aromatic heterocycles. The predicted octanol–water partition coefficient (Wildman–Crippen LogP) is 3.49. The van der Waals surface area contributed by atoms with Crippen LogP contribution in [0.5, 0.6) is 17.2 Å². The fraction of sp³-hybridized carbons (Fsp3) is 0.273. The first-order valence-corrected chi connectivity index (χ1v) is 12.5. The van der Waals surface area contributed by atoms with Crippen molar-refractivity contribution in [2.24, 2.45) is 5.92 Å². The lowest BCUT2D eigenvalue weighted by Gasteiger charge is -2.21. The number of carbonyl (C=O) groups excluding carboxylic acids is 1. The van der Waals surface area contributed by atoms with Gasteiger partial charge in [-0.3, -0.25) is 4.79 Å². The van der Waals surface area contributed by atoms with Crippen molar-refractivity contribution in [2.45, 2.75) is 24.8 Å². The van der Waals surface area contributed by atoms with E-state index < -0.39 is 22.0 Å². The molecule has 9 nitrogen and oxygen atoms in total. The summed E-state index contributed by atoms with van der Waals surface area (Å²) in [6.07, 6.45) is 0. The van der Waals surface area contributed by atoms with Crippen LogP contribution in [-0.4, -0.2) is 39.3 Å². The Kier molecular flexibility index (Phi) is 6.54. The lowest BCUT2D eigenvalue weighted by Crippen LogP contribution is -2.47. The van der Waals surface area contributed by atoms with Crippen LogP contribution in [-0.2, 0) is 14.8 Å². The monoisotopic (exact) mass is 489 g/mol. The minimum atomic E-state index is -3.92. The van der Waals surface area contributed by atoms with Gasteiger partial charge in [-0.1, -0.05) is 13.8 Å². The minimum Gasteiger partial charge on any atom is -0.497 e. The molecule has 2 heterocycles. The number of hydrogen-bond acceptors (Lipinski definition) is 8. The Labute approximate surface area is 195 Å². The molecule has 1 atom stereocenters. The SMILES string of the molecule is COc1ccc(S(=O)(=O)N[C@H](C(=O)Nc2nc(-c3ccc4c(c3)OCO4)cs2)C(C)C)cc1. The summed E-state index contributed by atoms with van der Waals surface area (Å²) >= 11 is 1.25. The van der Waals surface area contributed by atoms with Gasteiger partial charge in [-0.05, 0) is 48.4 Å². The second-order valence-corrected chi connectivity index (χ2v) is 10.2. The van der Waals surface area contributed by atoms with Crippen LogP contribution < -0.4 is 24.2 Å². The summed E-state index contributed by atoms with van der Waals surface area (Å²) in [5.74, 6) is 1.06. The first-order chi connectivity index (χ1) is 15.8. The minimum absolute atomic E-state index is 0.0427. The molecule has 0 unspecified atom stereocenters. The number of sulfonamides is 1. The molecule has 33 heavy (non-hydrogen) atoms. The van der Waals surface area contributed by atoms with Crippen LogP contribution in [0.2, 0.25) is 0 Å². The van der Waals surface area contributed by atoms with Gasteiger partial charge in [0.15, 0.2) is 16.6 Å². The summed E-state index contributed by atoms with van der Waals surface area (Å²) in [5, 5.41) is 4.89. The molecule has 0 fully saturated rings. The maximum atomic E-state index is 12.9. The Morgan fingerprint density at radius 3 is 2.55 bits per heavy atom. The van der Waals surface area contributed by atoms with Gasteiger partial charge in [-0.25, -0.2) is 13.4 Å². The van der Waals surface area contributed by atoms with Crippen molar-refractivity contribution in [3.63, 3.8) is 0 Å². The zero-order valence-corrected chi connectivity index (χ0v) is 19.8. The van der Waals surface area contributed by atoms with Crippen LogP contribution in [0.15, 0.2) is 52.7 Å². The van der Waals surface area contributed by atoms with Crippen molar-refractivity contribution >= 4 is 32.4 Å². The summed E-state index contributed by atoms with van der Waals surface area (Å²) in [6.45, 7) is 3.71. The number of fused-ring (bicyclic) bond motifs is 1. The number of anilines is 1. The number of amides is 1. The summed E-state index contributed by atoms with van der Waals surface area (Å²) in [7, 11) is -2.42. The summed E-state index contributed by atoms with van der Waals surface area (Å²) in [5.41, 5.74) is 1.48. The highest BCUT2D eigenvalue weighted by Crippen LogP contribution is 2.36. The van der Waals surface area contributed by atoms with Crippen LogP contribution >= 0.6 is 11.3 Å². The van der Waals surface area contributed by atoms with E-state index in [1.165, 1.54) is 30.6 Å². The van der Waals surface area contributed by atoms with E-state index in [9.17, 15) is 13.2 Å². The molecular weight excluding hydrogens is 466 g/mol. The number of aromatic nitrogens is 1. The number of nitrogens with one attached hydrogen (secondary N) is 2. The number of rotatable bonds is 8. The molecule has 174 valence electrons. The molecule has 0 spiro atoms. The molecule has 0 saturated heterocycles. The Morgan fingerprint density at radius 1 is 1.12 bits per heavy atom. The smallest absolute Gasteiger partial charge is 0.244 e. The third-order valence-electron chi connectivity index (χ3n) is 5.00. The highest BCUT2D eigenvalue weighted by molar-refractivity contribution is 7.89. The Hall–Kier alpha value is -3.15. The maximum absolute atomic E-state index is 12.9. The van der Waals surface area contributed by atoms with Crippen molar-refractivity contribution in [1.82, 2.24) is 9.71 Å². The Morgan fingerprint density at radius 2 is 1.85 bits per heavy atom. The number of carbonyl (C=O) groups is 1. The molecule has 1 aliphatic heterocycles. The van der Waals surface area contributed by atoms with E-state index in [1.54, 1.807) is 37.4 Å². The molecule has 3 aromatic rings. The molecule has 0 radical (unpaired) electrons. The fourth-order valence-electron chi connectivity index (χ4n) is 3.19. The van der Waals surface area contributed by atoms with E-state index in [-0.39, 0.29) is 17.6 Å². The van der Waals surface area contributed by atoms with Crippen molar-refractivity contribution in [2.75, 3.05) is 19.2 Å². The number of methoxy groups -OCH3 is 1. The number of thiazole rings is 1. The number of ether oxygens (including phenoxy) is 3. The number of nitrogens with zero attached hydrogens (tertiary/aromatic N) is 1. The van der Waals surface area contributed by atoms with Gasteiger partial charge in [0.2, 0.25) is 22.7 Å². The van der Waals surface area contributed by atoms with Crippen molar-refractivity contribution in [3.05, 3.63) is 47.8 Å². The number of hydrogen-bond donors (Lipinski definition) is 2. The van der Waals surface area contributed by atoms with E-state index in [0.717, 1.165) is 5.56 Å². The summed E-state index contributed by atoms with van der Waals surface area (Å²) < 4.78 is 43.9. The van der Waals surface area contributed by atoms with E-state index in [2.05, 4.69) is 15.0 Å². The first-order valence-electron chi connectivity index (χ1n) is 10.1. The highest BCUT2D eigenvalue weighted by atomic mass is 32.2. The molecule has 1 amide bonds. The van der Waals surface area contributed by atoms with Crippen LogP contribution in [0, 0.1) is 5.92 Å². The summed E-state index contributed by atoms with van der Waals surface area (Å²) in [6, 6.07) is 10.4. The average molecular weight is 490 g/mol. The van der Waals surface area contributed by atoms with Gasteiger partial charge < -0.3 is 19.5 Å². The fourth-order valence-corrected chi connectivity index (χ4v) is 5.25. The zero-order chi connectivity index (χ0) is 23.6. The van der Waals surface area contributed by atoms with E-state index in [4.69, 9.17) is 14.2 Å². The van der Waals surface area contributed by atoms with E-state index in [0.29, 0.717) is 28.1 Å². The Bertz CT molecular complexity index is 1260. The zero-order valence-electron chi connectivity index (χ0n) is 18.2. The quantitative estimate of drug-likeness (QED) is 0.498. The lowest BCUT2D eigenvalue weighted by molar-refractivity contribution is -0.118. The normalized spacial score (nSPS) is 13.7. The molecule has 0 bridgehead atoms. The first kappa shape index (κ1) is 23.0. The lowest BCUT2D eigenvalue weighted by atomic mass is 10.1. The Balaban J connectivity index is 1.47. The molecule has 0 aliphatic carbocycles. The van der Waals surface area contributed by atoms with Gasteiger partial charge in [0.1, 0.15) is 11.8 Å². The van der Waals surface area contributed by atoms with Crippen LogP contribution in [0.25, 0.3) is 11.3 Å². The number of benzene rings is 2. The highest BCUT2D eigenvalue weighted by Gasteiger charge is 2.29. The molecule has 1 aliphatic rings. The van der Waals surface area contributed by atoms with Crippen molar-refractivity contribution in [3.8, 4) is 28.5 Å². The average Bonchev–Trinajstić information content (AvgIpc) is 3.46. The molecule has 11 heteroatoms. The predicted molar refractivity (Wildman–Crippen MR) is 124 cm³/mol.